The Bertz CT molecular complexity index is 314. The SMILES string of the molecule is CCCCC1(O)CC2CCC(C1)S2(=O)=O. The summed E-state index contributed by atoms with van der Waals surface area (Å²) in [5.41, 5.74) is -0.687. The summed E-state index contributed by atoms with van der Waals surface area (Å²) < 4.78 is 23.7. The second kappa shape index (κ2) is 3.74. The van der Waals surface area contributed by atoms with Crippen LogP contribution < -0.4 is 0 Å². The van der Waals surface area contributed by atoms with Crippen LogP contribution in [0.4, 0.5) is 0 Å². The van der Waals surface area contributed by atoms with Crippen LogP contribution in [-0.4, -0.2) is 29.6 Å². The van der Waals surface area contributed by atoms with Crippen molar-refractivity contribution in [1.29, 1.82) is 0 Å². The van der Waals surface area contributed by atoms with Crippen LogP contribution in [0, 0.1) is 0 Å². The molecule has 0 radical (unpaired) electrons. The third-order valence-corrected chi connectivity index (χ3v) is 6.61. The molecular weight excluding hydrogens is 212 g/mol. The molecule has 0 aromatic rings. The molecule has 0 aromatic heterocycles. The molecule has 2 aliphatic heterocycles. The Balaban J connectivity index is 2.11. The Kier molecular flexibility index (Phi) is 2.84. The van der Waals surface area contributed by atoms with Gasteiger partial charge in [-0.05, 0) is 32.1 Å². The summed E-state index contributed by atoms with van der Waals surface area (Å²) in [6.07, 6.45) is 5.31. The van der Waals surface area contributed by atoms with Gasteiger partial charge in [0.25, 0.3) is 0 Å². The fourth-order valence-corrected chi connectivity index (χ4v) is 5.61. The van der Waals surface area contributed by atoms with E-state index in [2.05, 4.69) is 6.92 Å². The van der Waals surface area contributed by atoms with Crippen molar-refractivity contribution in [2.45, 2.75) is 68.0 Å². The van der Waals surface area contributed by atoms with Crippen LogP contribution in [0.3, 0.4) is 0 Å². The van der Waals surface area contributed by atoms with E-state index in [0.717, 1.165) is 32.1 Å². The number of rotatable bonds is 3. The summed E-state index contributed by atoms with van der Waals surface area (Å²) in [7, 11) is -2.89. The summed E-state index contributed by atoms with van der Waals surface area (Å²) >= 11 is 0. The second-order valence-electron chi connectivity index (χ2n) is 5.15. The van der Waals surface area contributed by atoms with Crippen LogP contribution in [-0.2, 0) is 9.84 Å². The standard InChI is InChI=1S/C11H20O3S/c1-2-3-6-11(12)7-9-4-5-10(8-11)15(9,13)14/h9-10,12H,2-8H2,1H3. The highest BCUT2D eigenvalue weighted by atomic mass is 32.2. The van der Waals surface area contributed by atoms with E-state index in [1.165, 1.54) is 0 Å². The molecule has 3 nitrogen and oxygen atoms in total. The highest BCUT2D eigenvalue weighted by Crippen LogP contribution is 2.44. The molecule has 2 aliphatic rings. The molecule has 2 bridgehead atoms. The highest BCUT2D eigenvalue weighted by Gasteiger charge is 2.51. The normalized spacial score (nSPS) is 43.1. The lowest BCUT2D eigenvalue weighted by molar-refractivity contribution is 0.0113. The van der Waals surface area contributed by atoms with Gasteiger partial charge in [0.15, 0.2) is 9.84 Å². The maximum absolute atomic E-state index is 11.8. The quantitative estimate of drug-likeness (QED) is 0.805. The van der Waals surface area contributed by atoms with E-state index < -0.39 is 15.4 Å². The third-order valence-electron chi connectivity index (χ3n) is 3.95. The van der Waals surface area contributed by atoms with Gasteiger partial charge in [0.1, 0.15) is 0 Å². The minimum absolute atomic E-state index is 0.252. The van der Waals surface area contributed by atoms with Crippen LogP contribution in [0.1, 0.15) is 51.9 Å². The number of unbranched alkanes of at least 4 members (excludes halogenated alkanes) is 1. The molecule has 0 aromatic carbocycles. The zero-order chi connectivity index (χ0) is 11.1. The monoisotopic (exact) mass is 232 g/mol. The molecule has 2 saturated heterocycles. The number of aliphatic hydroxyl groups is 1. The smallest absolute Gasteiger partial charge is 0.156 e. The van der Waals surface area contributed by atoms with E-state index in [-0.39, 0.29) is 10.5 Å². The molecule has 1 N–H and O–H groups in total. The third kappa shape index (κ3) is 1.94. The summed E-state index contributed by atoms with van der Waals surface area (Å²) in [4.78, 5) is 0. The predicted octanol–water partition coefficient (Wildman–Crippen LogP) is 1.65. The number of sulfone groups is 1. The minimum Gasteiger partial charge on any atom is -0.390 e. The molecule has 2 rings (SSSR count). The Morgan fingerprint density at radius 1 is 1.27 bits per heavy atom. The number of hydrogen-bond acceptors (Lipinski definition) is 3. The van der Waals surface area contributed by atoms with Crippen LogP contribution in [0.25, 0.3) is 0 Å². The summed E-state index contributed by atoms with van der Waals surface area (Å²) in [5, 5.41) is 9.85. The van der Waals surface area contributed by atoms with Gasteiger partial charge in [0, 0.05) is 0 Å². The molecule has 0 saturated carbocycles. The van der Waals surface area contributed by atoms with Crippen LogP contribution in [0.2, 0.25) is 0 Å². The molecule has 2 heterocycles. The van der Waals surface area contributed by atoms with Gasteiger partial charge in [0.05, 0.1) is 16.1 Å². The van der Waals surface area contributed by atoms with Gasteiger partial charge in [-0.25, -0.2) is 8.42 Å². The molecule has 0 aliphatic carbocycles. The Morgan fingerprint density at radius 2 is 1.80 bits per heavy atom. The first-order chi connectivity index (χ1) is 6.98. The zero-order valence-electron chi connectivity index (χ0n) is 9.28. The molecular formula is C11H20O3S. The van der Waals surface area contributed by atoms with E-state index in [9.17, 15) is 13.5 Å². The minimum atomic E-state index is -2.89. The van der Waals surface area contributed by atoms with E-state index in [1.54, 1.807) is 0 Å². The summed E-state index contributed by atoms with van der Waals surface area (Å²) in [5.74, 6) is 0. The average Bonchev–Trinajstić information content (AvgIpc) is 2.40. The van der Waals surface area contributed by atoms with Crippen LogP contribution in [0.5, 0.6) is 0 Å². The summed E-state index contributed by atoms with van der Waals surface area (Å²) in [6.45, 7) is 2.09. The first-order valence-electron chi connectivity index (χ1n) is 5.93. The van der Waals surface area contributed by atoms with Gasteiger partial charge in [-0.1, -0.05) is 19.8 Å². The van der Waals surface area contributed by atoms with Crippen molar-refractivity contribution in [3.63, 3.8) is 0 Å². The van der Waals surface area contributed by atoms with Crippen molar-refractivity contribution in [2.75, 3.05) is 0 Å². The van der Waals surface area contributed by atoms with E-state index >= 15 is 0 Å². The first kappa shape index (κ1) is 11.4. The van der Waals surface area contributed by atoms with Crippen molar-refractivity contribution in [2.24, 2.45) is 0 Å². The Hall–Kier alpha value is -0.0900. The van der Waals surface area contributed by atoms with Gasteiger partial charge in [-0.3, -0.25) is 0 Å². The topological polar surface area (TPSA) is 54.4 Å². The molecule has 2 fully saturated rings. The lowest BCUT2D eigenvalue weighted by Gasteiger charge is -2.36. The van der Waals surface area contributed by atoms with E-state index in [0.29, 0.717) is 12.8 Å². The van der Waals surface area contributed by atoms with Crippen molar-refractivity contribution in [3.05, 3.63) is 0 Å². The maximum atomic E-state index is 11.8. The van der Waals surface area contributed by atoms with Gasteiger partial charge in [0.2, 0.25) is 0 Å². The molecule has 4 heteroatoms. The van der Waals surface area contributed by atoms with Crippen molar-refractivity contribution >= 4 is 9.84 Å². The first-order valence-corrected chi connectivity index (χ1v) is 7.54. The highest BCUT2D eigenvalue weighted by molar-refractivity contribution is 7.93. The van der Waals surface area contributed by atoms with Gasteiger partial charge < -0.3 is 5.11 Å². The molecule has 88 valence electrons. The fourth-order valence-electron chi connectivity index (χ4n) is 3.05. The Labute approximate surface area is 91.8 Å². The van der Waals surface area contributed by atoms with Crippen LogP contribution >= 0.6 is 0 Å². The molecule has 2 atom stereocenters. The summed E-state index contributed by atoms with van der Waals surface area (Å²) in [6, 6.07) is 0. The van der Waals surface area contributed by atoms with Gasteiger partial charge in [-0.15, -0.1) is 0 Å². The predicted molar refractivity (Wildman–Crippen MR) is 59.4 cm³/mol. The molecule has 15 heavy (non-hydrogen) atoms. The Morgan fingerprint density at radius 3 is 2.27 bits per heavy atom. The average molecular weight is 232 g/mol. The van der Waals surface area contributed by atoms with Crippen molar-refractivity contribution < 1.29 is 13.5 Å². The lowest BCUT2D eigenvalue weighted by Crippen LogP contribution is -2.44. The molecule has 2 unspecified atom stereocenters. The zero-order valence-corrected chi connectivity index (χ0v) is 10.1. The number of hydrogen-bond donors (Lipinski definition) is 1. The molecule has 0 amide bonds. The van der Waals surface area contributed by atoms with Gasteiger partial charge in [-0.2, -0.15) is 0 Å². The number of fused-ring (bicyclic) bond motifs is 2. The van der Waals surface area contributed by atoms with Gasteiger partial charge >= 0.3 is 0 Å². The lowest BCUT2D eigenvalue weighted by atomic mass is 9.88. The maximum Gasteiger partial charge on any atom is 0.156 e. The fraction of sp³-hybridized carbons (Fsp3) is 1.00. The second-order valence-corrected chi connectivity index (χ2v) is 7.66. The van der Waals surface area contributed by atoms with E-state index in [4.69, 9.17) is 0 Å². The molecule has 0 spiro atoms. The van der Waals surface area contributed by atoms with Crippen LogP contribution in [0.15, 0.2) is 0 Å². The largest absolute Gasteiger partial charge is 0.390 e. The van der Waals surface area contributed by atoms with Crippen molar-refractivity contribution in [3.8, 4) is 0 Å². The van der Waals surface area contributed by atoms with E-state index in [1.807, 2.05) is 0 Å². The van der Waals surface area contributed by atoms with Crippen molar-refractivity contribution in [1.82, 2.24) is 0 Å².